The van der Waals surface area contributed by atoms with Gasteiger partial charge in [0, 0.05) is 28.8 Å². The Balaban J connectivity index is 1.39. The van der Waals surface area contributed by atoms with Gasteiger partial charge < -0.3 is 19.2 Å². The van der Waals surface area contributed by atoms with Crippen molar-refractivity contribution in [1.82, 2.24) is 0 Å². The maximum atomic E-state index is 12.4. The average molecular weight is 415 g/mol. The summed E-state index contributed by atoms with van der Waals surface area (Å²) in [7, 11) is 1.59. The van der Waals surface area contributed by atoms with Gasteiger partial charge in [-0.25, -0.2) is 4.79 Å². The number of anilines is 1. The fourth-order valence-corrected chi connectivity index (χ4v) is 3.19. The molecular formula is C25H21NO5. The Kier molecular flexibility index (Phi) is 5.71. The second-order valence-electron chi connectivity index (χ2n) is 7.07. The fraction of sp³-hybridized carbons (Fsp3) is 0.120. The van der Waals surface area contributed by atoms with Gasteiger partial charge in [-0.2, -0.15) is 0 Å². The molecule has 0 atom stereocenters. The lowest BCUT2D eigenvalue weighted by atomic mass is 10.1. The van der Waals surface area contributed by atoms with Crippen molar-refractivity contribution < 1.29 is 18.7 Å². The predicted molar refractivity (Wildman–Crippen MR) is 119 cm³/mol. The topological polar surface area (TPSA) is 77.8 Å². The lowest BCUT2D eigenvalue weighted by molar-refractivity contribution is 0.102. The number of rotatable bonds is 6. The minimum atomic E-state index is -0.384. The second kappa shape index (κ2) is 8.75. The second-order valence-corrected chi connectivity index (χ2v) is 7.07. The van der Waals surface area contributed by atoms with Crippen LogP contribution in [0.15, 0.2) is 82.0 Å². The van der Waals surface area contributed by atoms with E-state index in [2.05, 4.69) is 5.32 Å². The third-order valence-electron chi connectivity index (χ3n) is 4.89. The van der Waals surface area contributed by atoms with Crippen molar-refractivity contribution in [1.29, 1.82) is 0 Å². The van der Waals surface area contributed by atoms with E-state index in [9.17, 15) is 9.59 Å². The van der Waals surface area contributed by atoms with Gasteiger partial charge in [-0.1, -0.05) is 12.1 Å². The standard InChI is InChI=1S/C25H21NO5/c1-16-13-24(27)31-23-14-21(11-12-22(16)23)30-15-17-3-5-18(6-4-17)25(28)26-19-7-9-20(29-2)10-8-19/h3-14H,15H2,1-2H3,(H,26,28). The van der Waals surface area contributed by atoms with Gasteiger partial charge in [-0.05, 0) is 66.6 Å². The molecule has 0 bridgehead atoms. The first-order valence-corrected chi connectivity index (χ1v) is 9.73. The van der Waals surface area contributed by atoms with E-state index in [1.807, 2.05) is 31.2 Å². The molecule has 0 unspecified atom stereocenters. The normalized spacial score (nSPS) is 10.6. The Morgan fingerprint density at radius 3 is 2.35 bits per heavy atom. The van der Waals surface area contributed by atoms with E-state index in [4.69, 9.17) is 13.9 Å². The largest absolute Gasteiger partial charge is 0.497 e. The summed E-state index contributed by atoms with van der Waals surface area (Å²) < 4.78 is 16.2. The molecule has 156 valence electrons. The van der Waals surface area contributed by atoms with Crippen molar-refractivity contribution in [3.63, 3.8) is 0 Å². The van der Waals surface area contributed by atoms with Crippen LogP contribution in [0.5, 0.6) is 11.5 Å². The number of hydrogen-bond donors (Lipinski definition) is 1. The van der Waals surface area contributed by atoms with Gasteiger partial charge >= 0.3 is 5.63 Å². The average Bonchev–Trinajstić information content (AvgIpc) is 2.78. The molecule has 6 nitrogen and oxygen atoms in total. The highest BCUT2D eigenvalue weighted by atomic mass is 16.5. The highest BCUT2D eigenvalue weighted by molar-refractivity contribution is 6.04. The first-order chi connectivity index (χ1) is 15.0. The molecule has 0 radical (unpaired) electrons. The van der Waals surface area contributed by atoms with E-state index in [0.29, 0.717) is 29.2 Å². The number of carbonyl (C=O) groups is 1. The summed E-state index contributed by atoms with van der Waals surface area (Å²) in [5.41, 5.74) is 3.12. The summed E-state index contributed by atoms with van der Waals surface area (Å²) in [5, 5.41) is 3.73. The summed E-state index contributed by atoms with van der Waals surface area (Å²) in [6.07, 6.45) is 0. The van der Waals surface area contributed by atoms with E-state index in [-0.39, 0.29) is 11.5 Å². The van der Waals surface area contributed by atoms with Crippen molar-refractivity contribution in [3.8, 4) is 11.5 Å². The highest BCUT2D eigenvalue weighted by Gasteiger charge is 2.08. The van der Waals surface area contributed by atoms with Crippen molar-refractivity contribution >= 4 is 22.6 Å². The number of fused-ring (bicyclic) bond motifs is 1. The van der Waals surface area contributed by atoms with Crippen LogP contribution in [-0.4, -0.2) is 13.0 Å². The molecule has 4 aromatic rings. The van der Waals surface area contributed by atoms with Gasteiger partial charge in [0.1, 0.15) is 23.7 Å². The minimum Gasteiger partial charge on any atom is -0.497 e. The van der Waals surface area contributed by atoms with Crippen LogP contribution in [-0.2, 0) is 6.61 Å². The van der Waals surface area contributed by atoms with E-state index < -0.39 is 0 Å². The fourth-order valence-electron chi connectivity index (χ4n) is 3.19. The van der Waals surface area contributed by atoms with Crippen molar-refractivity contribution in [3.05, 3.63) is 99.9 Å². The zero-order chi connectivity index (χ0) is 21.8. The van der Waals surface area contributed by atoms with Gasteiger partial charge in [-0.15, -0.1) is 0 Å². The number of nitrogens with one attached hydrogen (secondary N) is 1. The van der Waals surface area contributed by atoms with E-state index >= 15 is 0 Å². The quantitative estimate of drug-likeness (QED) is 0.451. The first-order valence-electron chi connectivity index (χ1n) is 9.73. The molecule has 1 heterocycles. The third-order valence-corrected chi connectivity index (χ3v) is 4.89. The number of ether oxygens (including phenoxy) is 2. The van der Waals surface area contributed by atoms with Gasteiger partial charge in [0.15, 0.2) is 0 Å². The molecule has 0 aliphatic rings. The van der Waals surface area contributed by atoms with E-state index in [0.717, 1.165) is 22.3 Å². The van der Waals surface area contributed by atoms with Crippen LogP contribution in [0, 0.1) is 6.92 Å². The van der Waals surface area contributed by atoms with Crippen molar-refractivity contribution in [2.45, 2.75) is 13.5 Å². The molecule has 0 aliphatic heterocycles. The zero-order valence-corrected chi connectivity index (χ0v) is 17.2. The molecule has 1 aromatic heterocycles. The molecule has 0 fully saturated rings. The van der Waals surface area contributed by atoms with Crippen LogP contribution in [0.1, 0.15) is 21.5 Å². The molecule has 0 saturated carbocycles. The van der Waals surface area contributed by atoms with E-state index in [1.165, 1.54) is 6.07 Å². The number of carbonyl (C=O) groups excluding carboxylic acids is 1. The van der Waals surface area contributed by atoms with Gasteiger partial charge in [0.25, 0.3) is 5.91 Å². The van der Waals surface area contributed by atoms with E-state index in [1.54, 1.807) is 49.6 Å². The molecule has 0 spiro atoms. The Hall–Kier alpha value is -4.06. The van der Waals surface area contributed by atoms with Crippen LogP contribution in [0.4, 0.5) is 5.69 Å². The molecule has 4 rings (SSSR count). The maximum Gasteiger partial charge on any atom is 0.336 e. The number of hydrogen-bond acceptors (Lipinski definition) is 5. The lowest BCUT2D eigenvalue weighted by Gasteiger charge is -2.09. The number of amides is 1. The Bertz CT molecular complexity index is 1270. The first kappa shape index (κ1) is 20.2. The van der Waals surface area contributed by atoms with Crippen molar-refractivity contribution in [2.75, 3.05) is 12.4 Å². The monoisotopic (exact) mass is 415 g/mol. The van der Waals surface area contributed by atoms with Crippen LogP contribution in [0.2, 0.25) is 0 Å². The van der Waals surface area contributed by atoms with Gasteiger partial charge in [0.05, 0.1) is 7.11 Å². The van der Waals surface area contributed by atoms with Crippen LogP contribution in [0.25, 0.3) is 11.0 Å². The molecule has 1 amide bonds. The minimum absolute atomic E-state index is 0.197. The Labute approximate surface area is 179 Å². The Morgan fingerprint density at radius 2 is 1.65 bits per heavy atom. The Morgan fingerprint density at radius 1 is 0.935 bits per heavy atom. The molecule has 0 aliphatic carbocycles. The molecule has 3 aromatic carbocycles. The molecule has 6 heteroatoms. The third kappa shape index (κ3) is 4.75. The summed E-state index contributed by atoms with van der Waals surface area (Å²) in [4.78, 5) is 24.0. The number of benzene rings is 3. The lowest BCUT2D eigenvalue weighted by Crippen LogP contribution is -2.11. The highest BCUT2D eigenvalue weighted by Crippen LogP contribution is 2.23. The molecule has 1 N–H and O–H groups in total. The van der Waals surface area contributed by atoms with Gasteiger partial charge in [-0.3, -0.25) is 4.79 Å². The summed E-state index contributed by atoms with van der Waals surface area (Å²) >= 11 is 0. The molecule has 31 heavy (non-hydrogen) atoms. The summed E-state index contributed by atoms with van der Waals surface area (Å²) in [6.45, 7) is 2.19. The van der Waals surface area contributed by atoms with Gasteiger partial charge in [0.2, 0.25) is 0 Å². The zero-order valence-electron chi connectivity index (χ0n) is 17.2. The summed E-state index contributed by atoms with van der Waals surface area (Å²) in [5.74, 6) is 1.13. The number of methoxy groups -OCH3 is 1. The van der Waals surface area contributed by atoms with Crippen LogP contribution >= 0.6 is 0 Å². The SMILES string of the molecule is COc1ccc(NC(=O)c2ccc(COc3ccc4c(C)cc(=O)oc4c3)cc2)cc1. The van der Waals surface area contributed by atoms with Crippen molar-refractivity contribution in [2.24, 2.45) is 0 Å². The maximum absolute atomic E-state index is 12.4. The smallest absolute Gasteiger partial charge is 0.336 e. The predicted octanol–water partition coefficient (Wildman–Crippen LogP) is 4.94. The number of aryl methyl sites for hydroxylation is 1. The summed E-state index contributed by atoms with van der Waals surface area (Å²) in [6, 6.07) is 21.2. The van der Waals surface area contributed by atoms with Crippen LogP contribution < -0.4 is 20.4 Å². The van der Waals surface area contributed by atoms with Crippen LogP contribution in [0.3, 0.4) is 0 Å². The molecular weight excluding hydrogens is 394 g/mol. The molecule has 0 saturated heterocycles.